The Balaban J connectivity index is 2.32. The third-order valence-corrected chi connectivity index (χ3v) is 3.30. The summed E-state index contributed by atoms with van der Waals surface area (Å²) >= 11 is 0. The number of aliphatic hydroxyl groups excluding tert-OH is 1. The van der Waals surface area contributed by atoms with Crippen LogP contribution in [0.5, 0.6) is 0 Å². The molecule has 1 aromatic heterocycles. The van der Waals surface area contributed by atoms with Gasteiger partial charge in [0, 0.05) is 12.2 Å². The Morgan fingerprint density at radius 2 is 2.24 bits per heavy atom. The SMILES string of the molecule is CCC1O[C@@H](n2ccc(NC(C)C)nc2=O)C(F)(F)[C@@H]1O. The number of ether oxygens (including phenoxy) is 1. The van der Waals surface area contributed by atoms with Gasteiger partial charge in [-0.15, -0.1) is 0 Å². The van der Waals surface area contributed by atoms with E-state index in [1.165, 1.54) is 12.3 Å². The summed E-state index contributed by atoms with van der Waals surface area (Å²) in [6.07, 6.45) is -3.37. The Morgan fingerprint density at radius 1 is 1.57 bits per heavy atom. The molecule has 2 heterocycles. The summed E-state index contributed by atoms with van der Waals surface area (Å²) in [5.74, 6) is -3.24. The molecule has 0 amide bonds. The van der Waals surface area contributed by atoms with Crippen LogP contribution < -0.4 is 11.0 Å². The van der Waals surface area contributed by atoms with Gasteiger partial charge in [-0.25, -0.2) is 4.79 Å². The number of alkyl halides is 2. The number of hydrogen-bond acceptors (Lipinski definition) is 5. The maximum absolute atomic E-state index is 14.0. The molecule has 1 fully saturated rings. The van der Waals surface area contributed by atoms with Gasteiger partial charge in [0.05, 0.1) is 6.10 Å². The summed E-state index contributed by atoms with van der Waals surface area (Å²) in [4.78, 5) is 15.6. The minimum absolute atomic E-state index is 0.0585. The molecule has 0 aromatic carbocycles. The van der Waals surface area contributed by atoms with E-state index in [9.17, 15) is 18.7 Å². The zero-order valence-corrected chi connectivity index (χ0v) is 12.1. The second kappa shape index (κ2) is 5.69. The van der Waals surface area contributed by atoms with Gasteiger partial charge in [-0.2, -0.15) is 13.8 Å². The highest BCUT2D eigenvalue weighted by atomic mass is 19.3. The lowest BCUT2D eigenvalue weighted by Gasteiger charge is -2.21. The highest BCUT2D eigenvalue weighted by Gasteiger charge is 2.59. The molecule has 0 aliphatic carbocycles. The summed E-state index contributed by atoms with van der Waals surface area (Å²) in [6, 6.07) is 1.48. The summed E-state index contributed by atoms with van der Waals surface area (Å²) < 4.78 is 33.9. The van der Waals surface area contributed by atoms with E-state index in [1.807, 2.05) is 13.8 Å². The Hall–Kier alpha value is -1.54. The molecule has 8 heteroatoms. The van der Waals surface area contributed by atoms with Crippen molar-refractivity contribution in [3.63, 3.8) is 0 Å². The van der Waals surface area contributed by atoms with Gasteiger partial charge < -0.3 is 15.2 Å². The number of anilines is 1. The van der Waals surface area contributed by atoms with Gasteiger partial charge in [0.15, 0.2) is 0 Å². The Labute approximate surface area is 120 Å². The predicted molar refractivity (Wildman–Crippen MR) is 72.4 cm³/mol. The smallest absolute Gasteiger partial charge is 0.351 e. The average Bonchev–Trinajstić information content (AvgIpc) is 2.61. The largest absolute Gasteiger partial charge is 0.384 e. The lowest BCUT2D eigenvalue weighted by Crippen LogP contribution is -2.41. The number of aromatic nitrogens is 2. The second-order valence-corrected chi connectivity index (χ2v) is 5.36. The summed E-state index contributed by atoms with van der Waals surface area (Å²) in [6.45, 7) is 5.36. The zero-order valence-electron chi connectivity index (χ0n) is 12.1. The van der Waals surface area contributed by atoms with Gasteiger partial charge in [0.1, 0.15) is 11.9 Å². The first-order chi connectivity index (χ1) is 9.77. The van der Waals surface area contributed by atoms with E-state index in [1.54, 1.807) is 6.92 Å². The fraction of sp³-hybridized carbons (Fsp3) is 0.692. The first-order valence-corrected chi connectivity index (χ1v) is 6.84. The third-order valence-electron chi connectivity index (χ3n) is 3.30. The van der Waals surface area contributed by atoms with Gasteiger partial charge >= 0.3 is 11.6 Å². The molecule has 2 rings (SSSR count). The van der Waals surface area contributed by atoms with Crippen LogP contribution in [0.1, 0.15) is 33.4 Å². The molecular weight excluding hydrogens is 284 g/mol. The standard InChI is InChI=1S/C13H19F2N3O3/c1-4-8-10(19)13(14,15)11(21-8)18-6-5-9(16-7(2)3)17-12(18)20/h5-8,10-11,19H,4H2,1-3H3,(H,16,17,20)/t8?,10-,11-/m1/s1. The van der Waals surface area contributed by atoms with Crippen molar-refractivity contribution in [1.82, 2.24) is 9.55 Å². The monoisotopic (exact) mass is 303 g/mol. The topological polar surface area (TPSA) is 76.4 Å². The quantitative estimate of drug-likeness (QED) is 0.878. The molecule has 0 saturated carbocycles. The lowest BCUT2D eigenvalue weighted by molar-refractivity contribution is -0.140. The molecule has 0 spiro atoms. The summed E-state index contributed by atoms with van der Waals surface area (Å²) in [5, 5.41) is 12.5. The molecule has 0 radical (unpaired) electrons. The summed E-state index contributed by atoms with van der Waals surface area (Å²) in [7, 11) is 0. The number of nitrogens with one attached hydrogen (secondary N) is 1. The van der Waals surface area contributed by atoms with Crippen LogP contribution in [0.3, 0.4) is 0 Å². The fourth-order valence-corrected chi connectivity index (χ4v) is 2.26. The van der Waals surface area contributed by atoms with Crippen LogP contribution in [0, 0.1) is 0 Å². The van der Waals surface area contributed by atoms with E-state index >= 15 is 0 Å². The number of aliphatic hydroxyl groups is 1. The average molecular weight is 303 g/mol. The highest BCUT2D eigenvalue weighted by molar-refractivity contribution is 5.32. The first-order valence-electron chi connectivity index (χ1n) is 6.84. The maximum Gasteiger partial charge on any atom is 0.351 e. The van der Waals surface area contributed by atoms with E-state index in [0.29, 0.717) is 10.4 Å². The van der Waals surface area contributed by atoms with Crippen molar-refractivity contribution < 1.29 is 18.6 Å². The predicted octanol–water partition coefficient (Wildman–Crippen LogP) is 1.37. The van der Waals surface area contributed by atoms with Gasteiger partial charge in [-0.05, 0) is 26.3 Å². The summed E-state index contributed by atoms with van der Waals surface area (Å²) in [5.41, 5.74) is -0.853. The minimum Gasteiger partial charge on any atom is -0.384 e. The zero-order chi connectivity index (χ0) is 15.8. The van der Waals surface area contributed by atoms with Gasteiger partial charge in [-0.3, -0.25) is 4.57 Å². The normalized spacial score (nSPS) is 28.0. The van der Waals surface area contributed by atoms with Crippen molar-refractivity contribution in [2.75, 3.05) is 5.32 Å². The molecule has 0 bridgehead atoms. The van der Waals surface area contributed by atoms with Crippen molar-refractivity contribution in [3.05, 3.63) is 22.7 Å². The molecule has 6 nitrogen and oxygen atoms in total. The molecule has 3 atom stereocenters. The van der Waals surface area contributed by atoms with Gasteiger partial charge in [-0.1, -0.05) is 6.92 Å². The van der Waals surface area contributed by atoms with Crippen LogP contribution in [-0.2, 0) is 4.74 Å². The van der Waals surface area contributed by atoms with Crippen LogP contribution in [0.4, 0.5) is 14.6 Å². The molecule has 1 aliphatic rings. The first kappa shape index (κ1) is 15.8. The lowest BCUT2D eigenvalue weighted by atomic mass is 10.1. The molecule has 1 aliphatic heterocycles. The Bertz CT molecular complexity index is 562. The minimum atomic E-state index is -3.54. The molecular formula is C13H19F2N3O3. The van der Waals surface area contributed by atoms with Crippen molar-refractivity contribution in [2.45, 2.75) is 57.6 Å². The number of rotatable bonds is 4. The van der Waals surface area contributed by atoms with Crippen molar-refractivity contribution >= 4 is 5.82 Å². The molecule has 21 heavy (non-hydrogen) atoms. The van der Waals surface area contributed by atoms with Gasteiger partial charge in [0.2, 0.25) is 6.23 Å². The Morgan fingerprint density at radius 3 is 2.71 bits per heavy atom. The van der Waals surface area contributed by atoms with Crippen LogP contribution in [-0.4, -0.2) is 38.8 Å². The fourth-order valence-electron chi connectivity index (χ4n) is 2.26. The molecule has 2 N–H and O–H groups in total. The second-order valence-electron chi connectivity index (χ2n) is 5.36. The third kappa shape index (κ3) is 2.91. The van der Waals surface area contributed by atoms with Crippen molar-refractivity contribution in [1.29, 1.82) is 0 Å². The van der Waals surface area contributed by atoms with Crippen molar-refractivity contribution in [2.24, 2.45) is 0 Å². The highest BCUT2D eigenvalue weighted by Crippen LogP contribution is 2.42. The van der Waals surface area contributed by atoms with Crippen LogP contribution in [0.25, 0.3) is 0 Å². The van der Waals surface area contributed by atoms with E-state index in [4.69, 9.17) is 4.74 Å². The van der Waals surface area contributed by atoms with E-state index in [2.05, 4.69) is 10.3 Å². The van der Waals surface area contributed by atoms with Gasteiger partial charge in [0.25, 0.3) is 0 Å². The van der Waals surface area contributed by atoms with Crippen LogP contribution in [0.2, 0.25) is 0 Å². The van der Waals surface area contributed by atoms with Crippen LogP contribution >= 0.6 is 0 Å². The Kier molecular flexibility index (Phi) is 4.29. The number of halogens is 2. The molecule has 1 aromatic rings. The number of nitrogens with zero attached hydrogens (tertiary/aromatic N) is 2. The molecule has 118 valence electrons. The molecule has 1 saturated heterocycles. The van der Waals surface area contributed by atoms with Crippen LogP contribution in [0.15, 0.2) is 17.1 Å². The van der Waals surface area contributed by atoms with E-state index in [0.717, 1.165) is 0 Å². The molecule has 1 unspecified atom stereocenters. The number of hydrogen-bond donors (Lipinski definition) is 2. The van der Waals surface area contributed by atoms with E-state index in [-0.39, 0.29) is 12.5 Å². The maximum atomic E-state index is 14.0. The van der Waals surface area contributed by atoms with Crippen molar-refractivity contribution in [3.8, 4) is 0 Å². The van der Waals surface area contributed by atoms with E-state index < -0.39 is 30.0 Å².